The minimum absolute atomic E-state index is 0.0300. The minimum atomic E-state index is 0.0300. The summed E-state index contributed by atoms with van der Waals surface area (Å²) >= 11 is 0. The monoisotopic (exact) mass is 732 g/mol. The Kier molecular flexibility index (Phi) is 11.6. The number of aliphatic hydroxyl groups excluding tert-OH is 1. The molecule has 0 aliphatic carbocycles. The molecule has 0 spiro atoms. The topological polar surface area (TPSA) is 35.9 Å². The first-order valence-electron chi connectivity index (χ1n) is 19.0. The van der Waals surface area contributed by atoms with Crippen LogP contribution >= 0.6 is 0 Å². The normalized spacial score (nSPS) is 11.3. The molecule has 56 heavy (non-hydrogen) atoms. The van der Waals surface area contributed by atoms with Crippen molar-refractivity contribution in [3.8, 4) is 5.75 Å². The van der Waals surface area contributed by atoms with E-state index in [1.807, 2.05) is 12.1 Å². The van der Waals surface area contributed by atoms with Gasteiger partial charge in [0.05, 0.1) is 13.7 Å². The number of anilines is 6. The summed E-state index contributed by atoms with van der Waals surface area (Å²) in [6.07, 6.45) is 8.63. The molecular weight excluding hydrogens is 685 g/mol. The molecule has 0 aliphatic rings. The van der Waals surface area contributed by atoms with Crippen molar-refractivity contribution in [2.45, 2.75) is 34.3 Å². The zero-order valence-corrected chi connectivity index (χ0v) is 32.8. The Morgan fingerprint density at radius 3 is 1.11 bits per heavy atom. The lowest BCUT2D eigenvalue weighted by Crippen LogP contribution is -2.11. The van der Waals surface area contributed by atoms with Crippen LogP contribution in [0.2, 0.25) is 0 Å². The average molecular weight is 733 g/mol. The number of hydrogen-bond donors (Lipinski definition) is 1. The SMILES string of the molecule is COc1ccc(N(c2ccc(C)cc2)c2ccc(C=Cc3ccc(C=Cc4ccc(N(c5ccc(C)cc5)c5ccc(CO)cc5C)cc4)cc3)cc2)c(C)c1. The van der Waals surface area contributed by atoms with E-state index in [9.17, 15) is 5.11 Å². The van der Waals surface area contributed by atoms with E-state index in [2.05, 4.69) is 207 Å². The van der Waals surface area contributed by atoms with Crippen molar-refractivity contribution in [2.75, 3.05) is 16.9 Å². The summed E-state index contributed by atoms with van der Waals surface area (Å²) in [7, 11) is 1.70. The Morgan fingerprint density at radius 1 is 0.429 bits per heavy atom. The Hall–Kier alpha value is -6.62. The minimum Gasteiger partial charge on any atom is -0.497 e. The lowest BCUT2D eigenvalue weighted by atomic mass is 10.1. The number of methoxy groups -OCH3 is 1. The van der Waals surface area contributed by atoms with Crippen molar-refractivity contribution < 1.29 is 9.84 Å². The van der Waals surface area contributed by atoms with Crippen molar-refractivity contribution in [3.05, 3.63) is 208 Å². The lowest BCUT2D eigenvalue weighted by Gasteiger charge is -2.27. The maximum absolute atomic E-state index is 9.67. The van der Waals surface area contributed by atoms with E-state index in [-0.39, 0.29) is 6.61 Å². The summed E-state index contributed by atoms with van der Waals surface area (Å²) in [6, 6.07) is 55.6. The summed E-state index contributed by atoms with van der Waals surface area (Å²) in [5, 5.41) is 9.67. The van der Waals surface area contributed by atoms with Gasteiger partial charge in [-0.2, -0.15) is 0 Å². The maximum Gasteiger partial charge on any atom is 0.119 e. The summed E-state index contributed by atoms with van der Waals surface area (Å²) in [5.41, 5.74) is 16.7. The predicted octanol–water partition coefficient (Wildman–Crippen LogP) is 13.7. The number of rotatable bonds is 12. The van der Waals surface area contributed by atoms with Crippen LogP contribution in [0.4, 0.5) is 34.1 Å². The van der Waals surface area contributed by atoms with E-state index in [1.165, 1.54) is 11.1 Å². The molecule has 1 N–H and O–H groups in total. The lowest BCUT2D eigenvalue weighted by molar-refractivity contribution is 0.282. The first-order valence-corrected chi connectivity index (χ1v) is 19.0. The number of benzene rings is 7. The molecule has 0 saturated heterocycles. The standard InChI is InChI=1S/C52H48N2O2/c1-37-6-23-46(24-7-37)53(51-32-22-45(36-55)34-39(51)3)48-27-18-43(19-28-48)16-14-41-10-12-42(13-11-41)15-17-44-20-29-49(30-21-44)54(47-25-8-38(2)9-26-47)52-33-31-50(56-5)35-40(52)4/h6-35,55H,36H2,1-5H3. The molecule has 0 aliphatic heterocycles. The van der Waals surface area contributed by atoms with E-state index < -0.39 is 0 Å². The number of hydrogen-bond acceptors (Lipinski definition) is 4. The van der Waals surface area contributed by atoms with E-state index in [1.54, 1.807) is 7.11 Å². The van der Waals surface area contributed by atoms with Gasteiger partial charge in [-0.1, -0.05) is 120 Å². The van der Waals surface area contributed by atoms with Gasteiger partial charge >= 0.3 is 0 Å². The fourth-order valence-corrected chi connectivity index (χ4v) is 6.89. The van der Waals surface area contributed by atoms with Crippen LogP contribution in [0.15, 0.2) is 158 Å². The molecule has 0 heterocycles. The largest absolute Gasteiger partial charge is 0.497 e. The van der Waals surface area contributed by atoms with Gasteiger partial charge in [-0.25, -0.2) is 0 Å². The van der Waals surface area contributed by atoms with Crippen molar-refractivity contribution in [1.82, 2.24) is 0 Å². The first-order chi connectivity index (χ1) is 27.3. The van der Waals surface area contributed by atoms with Gasteiger partial charge in [0.2, 0.25) is 0 Å². The van der Waals surface area contributed by atoms with Crippen LogP contribution in [0.25, 0.3) is 24.3 Å². The molecule has 4 nitrogen and oxygen atoms in total. The highest BCUT2D eigenvalue weighted by Gasteiger charge is 2.16. The van der Waals surface area contributed by atoms with E-state index in [4.69, 9.17) is 4.74 Å². The second kappa shape index (κ2) is 17.2. The van der Waals surface area contributed by atoms with Gasteiger partial charge in [-0.3, -0.25) is 0 Å². The fourth-order valence-electron chi connectivity index (χ4n) is 6.89. The maximum atomic E-state index is 9.67. The van der Waals surface area contributed by atoms with Gasteiger partial charge in [0.15, 0.2) is 0 Å². The third-order valence-corrected chi connectivity index (χ3v) is 10.1. The zero-order valence-electron chi connectivity index (χ0n) is 32.8. The van der Waals surface area contributed by atoms with Gasteiger partial charge in [0.25, 0.3) is 0 Å². The Balaban J connectivity index is 1.04. The Labute approximate surface area is 331 Å². The van der Waals surface area contributed by atoms with Crippen molar-refractivity contribution in [1.29, 1.82) is 0 Å². The van der Waals surface area contributed by atoms with Crippen LogP contribution < -0.4 is 14.5 Å². The van der Waals surface area contributed by atoms with E-state index in [0.29, 0.717) is 0 Å². The fraction of sp³-hybridized carbons (Fsp3) is 0.115. The quantitative estimate of drug-likeness (QED) is 0.127. The van der Waals surface area contributed by atoms with Crippen LogP contribution in [-0.2, 0) is 6.61 Å². The first kappa shape index (κ1) is 37.7. The highest BCUT2D eigenvalue weighted by atomic mass is 16.5. The van der Waals surface area contributed by atoms with Crippen molar-refractivity contribution in [2.24, 2.45) is 0 Å². The van der Waals surface area contributed by atoms with Crippen LogP contribution in [-0.4, -0.2) is 12.2 Å². The molecule has 0 saturated carbocycles. The van der Waals surface area contributed by atoms with Crippen molar-refractivity contribution >= 4 is 58.4 Å². The molecule has 4 heteroatoms. The molecule has 278 valence electrons. The number of aliphatic hydroxyl groups is 1. The summed E-state index contributed by atoms with van der Waals surface area (Å²) in [4.78, 5) is 4.57. The third-order valence-electron chi connectivity index (χ3n) is 10.1. The van der Waals surface area contributed by atoms with E-state index in [0.717, 1.165) is 78.8 Å². The van der Waals surface area contributed by atoms with Crippen LogP contribution in [0.3, 0.4) is 0 Å². The molecule has 7 aromatic rings. The number of ether oxygens (including phenoxy) is 1. The van der Waals surface area contributed by atoms with Gasteiger partial charge in [0, 0.05) is 34.1 Å². The molecule has 0 unspecified atom stereocenters. The summed E-state index contributed by atoms with van der Waals surface area (Å²) < 4.78 is 5.48. The third kappa shape index (κ3) is 8.84. The molecule has 7 rings (SSSR count). The van der Waals surface area contributed by atoms with Crippen LogP contribution in [0, 0.1) is 27.7 Å². The number of aryl methyl sites for hydroxylation is 4. The molecule has 0 atom stereocenters. The Bertz CT molecular complexity index is 2270. The highest BCUT2D eigenvalue weighted by Crippen LogP contribution is 2.39. The second-order valence-electron chi connectivity index (χ2n) is 14.3. The zero-order chi connectivity index (χ0) is 39.0. The predicted molar refractivity (Wildman–Crippen MR) is 238 cm³/mol. The molecule has 7 aromatic carbocycles. The molecule has 0 aromatic heterocycles. The number of nitrogens with zero attached hydrogens (tertiary/aromatic N) is 2. The molecule has 0 amide bonds. The molecule has 0 bridgehead atoms. The molecule has 0 fully saturated rings. The van der Waals surface area contributed by atoms with Crippen LogP contribution in [0.5, 0.6) is 5.75 Å². The van der Waals surface area contributed by atoms with Crippen LogP contribution in [0.1, 0.15) is 50.1 Å². The Morgan fingerprint density at radius 2 is 0.768 bits per heavy atom. The van der Waals surface area contributed by atoms with Gasteiger partial charge in [0.1, 0.15) is 5.75 Å². The summed E-state index contributed by atoms with van der Waals surface area (Å²) in [5.74, 6) is 0.852. The van der Waals surface area contributed by atoms with Gasteiger partial charge in [-0.05, 0) is 139 Å². The highest BCUT2D eigenvalue weighted by molar-refractivity contribution is 5.82. The smallest absolute Gasteiger partial charge is 0.119 e. The average Bonchev–Trinajstić information content (AvgIpc) is 3.23. The van der Waals surface area contributed by atoms with E-state index >= 15 is 0 Å². The van der Waals surface area contributed by atoms with Crippen molar-refractivity contribution in [3.63, 3.8) is 0 Å². The molecular formula is C52H48N2O2. The van der Waals surface area contributed by atoms with Gasteiger partial charge < -0.3 is 19.6 Å². The summed E-state index contributed by atoms with van der Waals surface area (Å²) in [6.45, 7) is 8.46. The second-order valence-corrected chi connectivity index (χ2v) is 14.3. The van der Waals surface area contributed by atoms with Gasteiger partial charge in [-0.15, -0.1) is 0 Å². The molecule has 0 radical (unpaired) electrons.